The highest BCUT2D eigenvalue weighted by atomic mass is 16.7. The molecule has 0 amide bonds. The highest BCUT2D eigenvalue weighted by molar-refractivity contribution is 5.94. The summed E-state index contributed by atoms with van der Waals surface area (Å²) in [6, 6.07) is 8.08. The summed E-state index contributed by atoms with van der Waals surface area (Å²) in [5, 5.41) is 0. The molecule has 0 unspecified atom stereocenters. The Labute approximate surface area is 131 Å². The van der Waals surface area contributed by atoms with Crippen molar-refractivity contribution < 1.29 is 14.3 Å². The van der Waals surface area contributed by atoms with E-state index in [2.05, 4.69) is 18.7 Å². The van der Waals surface area contributed by atoms with E-state index in [4.69, 9.17) is 9.47 Å². The Morgan fingerprint density at radius 2 is 1.95 bits per heavy atom. The Morgan fingerprint density at radius 1 is 1.18 bits per heavy atom. The molecule has 1 saturated carbocycles. The summed E-state index contributed by atoms with van der Waals surface area (Å²) in [6.07, 6.45) is 6.74. The molecule has 22 heavy (non-hydrogen) atoms. The van der Waals surface area contributed by atoms with Gasteiger partial charge < -0.3 is 9.47 Å². The van der Waals surface area contributed by atoms with Crippen LogP contribution < -0.4 is 4.74 Å². The Hall–Kier alpha value is -1.87. The standard InChI is InChI=1S/C19H22O3/c1-13-3-10-18(20)19-15(6-9-17(13)19)11-14-4-7-16(8-5-14)22-12-21-2/h3-5,7-8,10,15,17,19H,1,6,9,11-12H2,2H3/t15-,17+,19+/m0/s1. The molecule has 3 nitrogen and oxygen atoms in total. The maximum Gasteiger partial charge on any atom is 0.188 e. The highest BCUT2D eigenvalue weighted by Gasteiger charge is 2.42. The lowest BCUT2D eigenvalue weighted by Gasteiger charge is -2.26. The first kappa shape index (κ1) is 15.0. The minimum absolute atomic E-state index is 0.127. The van der Waals surface area contributed by atoms with Crippen LogP contribution >= 0.6 is 0 Å². The van der Waals surface area contributed by atoms with Crippen molar-refractivity contribution in [3.63, 3.8) is 0 Å². The second kappa shape index (κ2) is 6.49. The van der Waals surface area contributed by atoms with Gasteiger partial charge in [-0.05, 0) is 54.9 Å². The highest BCUT2D eigenvalue weighted by Crippen LogP contribution is 2.45. The molecule has 1 aromatic rings. The van der Waals surface area contributed by atoms with Crippen molar-refractivity contribution >= 4 is 5.78 Å². The molecular formula is C19H22O3. The van der Waals surface area contributed by atoms with E-state index in [1.807, 2.05) is 18.2 Å². The largest absolute Gasteiger partial charge is 0.468 e. The van der Waals surface area contributed by atoms with Crippen molar-refractivity contribution in [1.82, 2.24) is 0 Å². The van der Waals surface area contributed by atoms with Crippen LogP contribution in [0.3, 0.4) is 0 Å². The lowest BCUT2D eigenvalue weighted by Crippen LogP contribution is -2.28. The van der Waals surface area contributed by atoms with Crippen LogP contribution in [0.2, 0.25) is 0 Å². The monoisotopic (exact) mass is 298 g/mol. The van der Waals surface area contributed by atoms with Gasteiger partial charge in [0.1, 0.15) is 5.75 Å². The van der Waals surface area contributed by atoms with Gasteiger partial charge in [0.05, 0.1) is 0 Å². The summed E-state index contributed by atoms with van der Waals surface area (Å²) in [4.78, 5) is 12.2. The zero-order valence-electron chi connectivity index (χ0n) is 13.0. The first-order valence-corrected chi connectivity index (χ1v) is 7.80. The maximum absolute atomic E-state index is 12.2. The van der Waals surface area contributed by atoms with Gasteiger partial charge in [-0.25, -0.2) is 0 Å². The number of benzene rings is 1. The lowest BCUT2D eigenvalue weighted by atomic mass is 9.76. The van der Waals surface area contributed by atoms with Gasteiger partial charge in [0.25, 0.3) is 0 Å². The summed E-state index contributed by atoms with van der Waals surface area (Å²) >= 11 is 0. The third kappa shape index (κ3) is 3.00. The molecule has 0 spiro atoms. The Balaban J connectivity index is 1.67. The van der Waals surface area contributed by atoms with E-state index in [0.29, 0.717) is 11.8 Å². The van der Waals surface area contributed by atoms with Crippen LogP contribution in [0.25, 0.3) is 0 Å². The average Bonchev–Trinajstić information content (AvgIpc) is 2.95. The molecule has 2 aliphatic rings. The molecule has 3 atom stereocenters. The van der Waals surface area contributed by atoms with Gasteiger partial charge in [-0.1, -0.05) is 30.4 Å². The van der Waals surface area contributed by atoms with E-state index < -0.39 is 0 Å². The maximum atomic E-state index is 12.2. The number of rotatable bonds is 5. The number of carbonyl (C=O) groups excluding carboxylic acids is 1. The summed E-state index contributed by atoms with van der Waals surface area (Å²) in [5.74, 6) is 1.98. The van der Waals surface area contributed by atoms with Gasteiger partial charge >= 0.3 is 0 Å². The van der Waals surface area contributed by atoms with Crippen LogP contribution in [0.5, 0.6) is 5.75 Å². The van der Waals surface area contributed by atoms with Crippen molar-refractivity contribution in [2.24, 2.45) is 17.8 Å². The molecule has 0 radical (unpaired) electrons. The van der Waals surface area contributed by atoms with Gasteiger partial charge in [0.2, 0.25) is 0 Å². The predicted octanol–water partition coefficient (Wildman–Crippen LogP) is 3.55. The molecule has 0 aromatic heterocycles. The van der Waals surface area contributed by atoms with Crippen LogP contribution in [0.15, 0.2) is 48.6 Å². The average molecular weight is 298 g/mol. The van der Waals surface area contributed by atoms with Gasteiger partial charge in [-0.2, -0.15) is 0 Å². The second-order valence-electron chi connectivity index (χ2n) is 6.18. The molecule has 3 heteroatoms. The summed E-state index contributed by atoms with van der Waals surface area (Å²) in [7, 11) is 1.61. The van der Waals surface area contributed by atoms with Gasteiger partial charge in [0.15, 0.2) is 12.6 Å². The van der Waals surface area contributed by atoms with Crippen molar-refractivity contribution in [2.75, 3.05) is 13.9 Å². The SMILES string of the molecule is C=C1C=CC(=O)[C@@H]2[C@H](Cc3ccc(OCOC)cc3)CC[C@H]12. The fraction of sp³-hybridized carbons (Fsp3) is 0.421. The molecule has 3 rings (SSSR count). The molecule has 1 aromatic carbocycles. The first-order valence-electron chi connectivity index (χ1n) is 7.80. The summed E-state index contributed by atoms with van der Waals surface area (Å²) < 4.78 is 10.3. The summed E-state index contributed by atoms with van der Waals surface area (Å²) in [5.41, 5.74) is 2.37. The smallest absolute Gasteiger partial charge is 0.188 e. The first-order chi connectivity index (χ1) is 10.7. The molecule has 0 heterocycles. The normalized spacial score (nSPS) is 27.0. The van der Waals surface area contributed by atoms with Crippen LogP contribution in [0, 0.1) is 17.8 Å². The second-order valence-corrected chi connectivity index (χ2v) is 6.18. The number of ether oxygens (including phenoxy) is 2. The molecule has 0 aliphatic heterocycles. The molecule has 0 saturated heterocycles. The Morgan fingerprint density at radius 3 is 2.68 bits per heavy atom. The molecule has 2 aliphatic carbocycles. The van der Waals surface area contributed by atoms with Crippen molar-refractivity contribution in [1.29, 1.82) is 0 Å². The van der Waals surface area contributed by atoms with Gasteiger partial charge in [-0.15, -0.1) is 0 Å². The minimum atomic E-state index is 0.127. The van der Waals surface area contributed by atoms with Crippen LogP contribution in [-0.4, -0.2) is 19.7 Å². The number of hydrogen-bond donors (Lipinski definition) is 0. The molecule has 0 N–H and O–H groups in total. The molecular weight excluding hydrogens is 276 g/mol. The number of hydrogen-bond acceptors (Lipinski definition) is 3. The van der Waals surface area contributed by atoms with E-state index in [0.717, 1.165) is 30.6 Å². The fourth-order valence-electron chi connectivity index (χ4n) is 3.73. The van der Waals surface area contributed by atoms with E-state index in [1.54, 1.807) is 13.2 Å². The zero-order chi connectivity index (χ0) is 15.5. The van der Waals surface area contributed by atoms with E-state index in [-0.39, 0.29) is 18.5 Å². The third-order valence-electron chi connectivity index (χ3n) is 4.82. The van der Waals surface area contributed by atoms with Crippen molar-refractivity contribution in [2.45, 2.75) is 19.3 Å². The molecule has 1 fully saturated rings. The van der Waals surface area contributed by atoms with Crippen molar-refractivity contribution in [3.05, 3.63) is 54.1 Å². The Bertz CT molecular complexity index is 585. The van der Waals surface area contributed by atoms with Crippen LogP contribution in [-0.2, 0) is 16.0 Å². The predicted molar refractivity (Wildman–Crippen MR) is 85.6 cm³/mol. The third-order valence-corrected chi connectivity index (χ3v) is 4.82. The number of ketones is 1. The quantitative estimate of drug-likeness (QED) is 0.780. The Kier molecular flexibility index (Phi) is 4.44. The fourth-order valence-corrected chi connectivity index (χ4v) is 3.73. The van der Waals surface area contributed by atoms with Crippen LogP contribution in [0.4, 0.5) is 0 Å². The van der Waals surface area contributed by atoms with E-state index in [9.17, 15) is 4.79 Å². The number of carbonyl (C=O) groups is 1. The number of fused-ring (bicyclic) bond motifs is 1. The van der Waals surface area contributed by atoms with Crippen molar-refractivity contribution in [3.8, 4) is 5.75 Å². The van der Waals surface area contributed by atoms with Crippen LogP contribution in [0.1, 0.15) is 18.4 Å². The minimum Gasteiger partial charge on any atom is -0.468 e. The molecule has 116 valence electrons. The topological polar surface area (TPSA) is 35.5 Å². The molecule has 0 bridgehead atoms. The van der Waals surface area contributed by atoms with E-state index in [1.165, 1.54) is 5.56 Å². The van der Waals surface area contributed by atoms with E-state index >= 15 is 0 Å². The number of allylic oxidation sites excluding steroid dienone is 3. The lowest BCUT2D eigenvalue weighted by molar-refractivity contribution is -0.120. The summed E-state index contributed by atoms with van der Waals surface area (Å²) in [6.45, 7) is 4.36. The van der Waals surface area contributed by atoms with Gasteiger partial charge in [0, 0.05) is 13.0 Å². The zero-order valence-corrected chi connectivity index (χ0v) is 13.0. The van der Waals surface area contributed by atoms with Gasteiger partial charge in [-0.3, -0.25) is 4.79 Å². The number of methoxy groups -OCH3 is 1.